The molecule has 0 spiro atoms. The molecule has 2 aromatic rings. The average Bonchev–Trinajstić information content (AvgIpc) is 2.61. The Labute approximate surface area is 147 Å². The first-order valence-electron chi connectivity index (χ1n) is 8.24. The lowest BCUT2D eigenvalue weighted by Crippen LogP contribution is -2.29. The number of halogens is 1. The molecule has 0 radical (unpaired) electrons. The van der Waals surface area contributed by atoms with E-state index in [9.17, 15) is 9.18 Å². The minimum absolute atomic E-state index is 0.135. The van der Waals surface area contributed by atoms with Crippen LogP contribution in [0.4, 0.5) is 10.1 Å². The van der Waals surface area contributed by atoms with Crippen LogP contribution in [0.1, 0.15) is 18.1 Å². The number of anilines is 1. The topological polar surface area (TPSA) is 79.5 Å². The van der Waals surface area contributed by atoms with Crippen molar-refractivity contribution in [3.8, 4) is 0 Å². The largest absolute Gasteiger partial charge is 0.370 e. The first kappa shape index (κ1) is 18.4. The van der Waals surface area contributed by atoms with Crippen LogP contribution >= 0.6 is 0 Å². The Hall–Kier alpha value is -2.89. The van der Waals surface area contributed by atoms with Gasteiger partial charge in [0.15, 0.2) is 5.96 Å². The van der Waals surface area contributed by atoms with Crippen molar-refractivity contribution >= 4 is 17.6 Å². The molecule has 0 saturated heterocycles. The summed E-state index contributed by atoms with van der Waals surface area (Å²) in [6.45, 7) is 2.85. The van der Waals surface area contributed by atoms with E-state index in [0.29, 0.717) is 19.0 Å². The van der Waals surface area contributed by atoms with Gasteiger partial charge < -0.3 is 16.4 Å². The standard InChI is InChI=1S/C19H23FN4O/c1-2-14-4-3-5-17(12-14)24-19(21)23-11-10-22-18(25)13-15-6-8-16(20)9-7-15/h3-9,12H,2,10-11,13H2,1H3,(H,22,25)(H3,21,23,24). The molecule has 132 valence electrons. The Kier molecular flexibility index (Phi) is 6.95. The van der Waals surface area contributed by atoms with Crippen molar-refractivity contribution in [2.75, 3.05) is 18.4 Å². The van der Waals surface area contributed by atoms with Gasteiger partial charge in [0.25, 0.3) is 0 Å². The summed E-state index contributed by atoms with van der Waals surface area (Å²) in [4.78, 5) is 16.0. The normalized spacial score (nSPS) is 11.2. The van der Waals surface area contributed by atoms with Crippen LogP contribution in [0.15, 0.2) is 53.5 Å². The van der Waals surface area contributed by atoms with Crippen LogP contribution < -0.4 is 16.4 Å². The van der Waals surface area contributed by atoms with Crippen molar-refractivity contribution in [3.63, 3.8) is 0 Å². The fourth-order valence-corrected chi connectivity index (χ4v) is 2.28. The zero-order chi connectivity index (χ0) is 18.1. The highest BCUT2D eigenvalue weighted by molar-refractivity contribution is 5.92. The molecular weight excluding hydrogens is 319 g/mol. The number of aryl methyl sites for hydroxylation is 1. The predicted molar refractivity (Wildman–Crippen MR) is 99.0 cm³/mol. The minimum Gasteiger partial charge on any atom is -0.370 e. The summed E-state index contributed by atoms with van der Waals surface area (Å²) in [7, 11) is 0. The molecule has 0 saturated carbocycles. The molecule has 2 rings (SSSR count). The summed E-state index contributed by atoms with van der Waals surface area (Å²) in [5.41, 5.74) is 8.71. The van der Waals surface area contributed by atoms with Crippen molar-refractivity contribution in [2.45, 2.75) is 19.8 Å². The van der Waals surface area contributed by atoms with Gasteiger partial charge in [-0.25, -0.2) is 4.39 Å². The second-order valence-electron chi connectivity index (χ2n) is 5.60. The van der Waals surface area contributed by atoms with Crippen molar-refractivity contribution < 1.29 is 9.18 Å². The Morgan fingerprint density at radius 2 is 1.92 bits per heavy atom. The van der Waals surface area contributed by atoms with Gasteiger partial charge in [-0.1, -0.05) is 31.2 Å². The van der Waals surface area contributed by atoms with Gasteiger partial charge >= 0.3 is 0 Å². The molecule has 1 amide bonds. The number of nitrogens with one attached hydrogen (secondary N) is 2. The lowest BCUT2D eigenvalue weighted by Gasteiger charge is -2.07. The molecule has 25 heavy (non-hydrogen) atoms. The highest BCUT2D eigenvalue weighted by atomic mass is 19.1. The number of rotatable bonds is 7. The van der Waals surface area contributed by atoms with Crippen molar-refractivity contribution in [1.82, 2.24) is 5.32 Å². The monoisotopic (exact) mass is 342 g/mol. The van der Waals surface area contributed by atoms with Crippen LogP contribution in [-0.2, 0) is 17.6 Å². The molecule has 0 heterocycles. The number of nitrogens with two attached hydrogens (primary N) is 1. The molecule has 0 bridgehead atoms. The maximum absolute atomic E-state index is 12.8. The van der Waals surface area contributed by atoms with Gasteiger partial charge in [-0.15, -0.1) is 0 Å². The van der Waals surface area contributed by atoms with Gasteiger partial charge in [-0.05, 0) is 41.8 Å². The minimum atomic E-state index is -0.314. The smallest absolute Gasteiger partial charge is 0.224 e. The third-order valence-electron chi connectivity index (χ3n) is 3.60. The van der Waals surface area contributed by atoms with E-state index < -0.39 is 0 Å². The molecule has 0 aliphatic rings. The average molecular weight is 342 g/mol. The number of guanidine groups is 1. The van der Waals surface area contributed by atoms with Crippen molar-refractivity contribution in [2.24, 2.45) is 10.7 Å². The van der Waals surface area contributed by atoms with Crippen LogP contribution in [0.2, 0.25) is 0 Å². The van der Waals surface area contributed by atoms with Gasteiger partial charge in [0.2, 0.25) is 5.91 Å². The van der Waals surface area contributed by atoms with E-state index in [2.05, 4.69) is 28.6 Å². The van der Waals surface area contributed by atoms with Gasteiger partial charge in [-0.3, -0.25) is 9.79 Å². The fourth-order valence-electron chi connectivity index (χ4n) is 2.28. The van der Waals surface area contributed by atoms with Crippen molar-refractivity contribution in [1.29, 1.82) is 0 Å². The molecule has 6 heteroatoms. The van der Waals surface area contributed by atoms with Crippen LogP contribution in [-0.4, -0.2) is 25.0 Å². The lowest BCUT2D eigenvalue weighted by molar-refractivity contribution is -0.120. The summed E-state index contributed by atoms with van der Waals surface area (Å²) < 4.78 is 12.8. The van der Waals surface area contributed by atoms with E-state index in [1.165, 1.54) is 17.7 Å². The second kappa shape index (κ2) is 9.42. The third kappa shape index (κ3) is 6.63. The highest BCUT2D eigenvalue weighted by Gasteiger charge is 2.03. The maximum atomic E-state index is 12.8. The summed E-state index contributed by atoms with van der Waals surface area (Å²) in [5, 5.41) is 5.79. The summed E-state index contributed by atoms with van der Waals surface area (Å²) in [6.07, 6.45) is 1.16. The number of aliphatic imine (C=N–C) groups is 1. The van der Waals surface area contributed by atoms with Gasteiger partial charge in [0.1, 0.15) is 5.82 Å². The van der Waals surface area contributed by atoms with Crippen LogP contribution in [0.25, 0.3) is 0 Å². The molecule has 4 N–H and O–H groups in total. The van der Waals surface area contributed by atoms with E-state index in [1.54, 1.807) is 12.1 Å². The maximum Gasteiger partial charge on any atom is 0.224 e. The van der Waals surface area contributed by atoms with Gasteiger partial charge in [-0.2, -0.15) is 0 Å². The van der Waals surface area contributed by atoms with Gasteiger partial charge in [0.05, 0.1) is 13.0 Å². The molecule has 0 fully saturated rings. The number of benzene rings is 2. The molecule has 0 aromatic heterocycles. The fraction of sp³-hybridized carbons (Fsp3) is 0.263. The predicted octanol–water partition coefficient (Wildman–Crippen LogP) is 2.47. The molecule has 0 aliphatic heterocycles. The van der Waals surface area contributed by atoms with E-state index >= 15 is 0 Å². The Morgan fingerprint density at radius 3 is 2.64 bits per heavy atom. The first-order valence-corrected chi connectivity index (χ1v) is 8.24. The van der Waals surface area contributed by atoms with Crippen LogP contribution in [0.3, 0.4) is 0 Å². The molecule has 0 atom stereocenters. The molecule has 0 aliphatic carbocycles. The van der Waals surface area contributed by atoms with Crippen molar-refractivity contribution in [3.05, 3.63) is 65.5 Å². The van der Waals surface area contributed by atoms with Crippen LogP contribution in [0, 0.1) is 5.82 Å². The van der Waals surface area contributed by atoms with Gasteiger partial charge in [0, 0.05) is 12.2 Å². The molecule has 0 unspecified atom stereocenters. The summed E-state index contributed by atoms with van der Waals surface area (Å²) in [5.74, 6) is -0.143. The highest BCUT2D eigenvalue weighted by Crippen LogP contribution is 2.10. The van der Waals surface area contributed by atoms with E-state index in [0.717, 1.165) is 17.7 Å². The molecule has 5 nitrogen and oxygen atoms in total. The molecule has 2 aromatic carbocycles. The summed E-state index contributed by atoms with van der Waals surface area (Å²) >= 11 is 0. The number of hydrogen-bond acceptors (Lipinski definition) is 2. The second-order valence-corrected chi connectivity index (χ2v) is 5.60. The van der Waals surface area contributed by atoms with Crippen LogP contribution in [0.5, 0.6) is 0 Å². The third-order valence-corrected chi connectivity index (χ3v) is 3.60. The Balaban J connectivity index is 1.72. The van der Waals surface area contributed by atoms with E-state index in [4.69, 9.17) is 5.73 Å². The van der Waals surface area contributed by atoms with E-state index in [-0.39, 0.29) is 18.1 Å². The quantitative estimate of drug-likeness (QED) is 0.411. The zero-order valence-electron chi connectivity index (χ0n) is 14.3. The molecular formula is C19H23FN4O. The SMILES string of the molecule is CCc1cccc(NC(N)=NCCNC(=O)Cc2ccc(F)cc2)c1. The first-order chi connectivity index (χ1) is 12.1. The number of carbonyl (C=O) groups is 1. The Morgan fingerprint density at radius 1 is 1.16 bits per heavy atom. The number of carbonyl (C=O) groups excluding carboxylic acids is 1. The lowest BCUT2D eigenvalue weighted by atomic mass is 10.1. The van der Waals surface area contributed by atoms with E-state index in [1.807, 2.05) is 18.2 Å². The Bertz CT molecular complexity index is 728. The zero-order valence-corrected chi connectivity index (χ0v) is 14.3. The number of hydrogen-bond donors (Lipinski definition) is 3. The summed E-state index contributed by atoms with van der Waals surface area (Å²) in [6, 6.07) is 13.8. The number of nitrogens with zero attached hydrogens (tertiary/aromatic N) is 1. The number of amides is 1.